The van der Waals surface area contributed by atoms with Gasteiger partial charge in [-0.25, -0.2) is 4.39 Å². The van der Waals surface area contributed by atoms with Crippen molar-refractivity contribution < 1.29 is 14.4 Å². The second kappa shape index (κ2) is 5.59. The smallest absolute Gasteiger partial charge is 0.423 e. The van der Waals surface area contributed by atoms with Crippen LogP contribution in [0.1, 0.15) is 5.56 Å². The molecule has 2 N–H and O–H groups in total. The van der Waals surface area contributed by atoms with Gasteiger partial charge in [0.1, 0.15) is 11.3 Å². The van der Waals surface area contributed by atoms with Crippen LogP contribution in [0.3, 0.4) is 0 Å². The van der Waals surface area contributed by atoms with Gasteiger partial charge in [-0.15, -0.1) is 10.2 Å². The molecule has 0 fully saturated rings. The Morgan fingerprint density at radius 3 is 2.82 bits per heavy atom. The van der Waals surface area contributed by atoms with Gasteiger partial charge in [-0.3, -0.25) is 0 Å². The molecule has 1 aromatic heterocycles. The van der Waals surface area contributed by atoms with E-state index in [1.54, 1.807) is 11.6 Å². The summed E-state index contributed by atoms with van der Waals surface area (Å²) in [4.78, 5) is 0. The van der Waals surface area contributed by atoms with Crippen LogP contribution >= 0.6 is 23.1 Å². The lowest BCUT2D eigenvalue weighted by Gasteiger charge is -2.04. The van der Waals surface area contributed by atoms with Crippen molar-refractivity contribution in [1.29, 1.82) is 0 Å². The molecule has 0 aliphatic heterocycles. The molecule has 0 aliphatic carbocycles. The fourth-order valence-corrected chi connectivity index (χ4v) is 2.70. The summed E-state index contributed by atoms with van der Waals surface area (Å²) in [5, 5.41) is 25.5. The zero-order valence-electron chi connectivity index (χ0n) is 8.58. The minimum atomic E-state index is -1.66. The Morgan fingerprint density at radius 1 is 1.35 bits per heavy atom. The highest BCUT2D eigenvalue weighted by Crippen LogP contribution is 2.23. The van der Waals surface area contributed by atoms with E-state index >= 15 is 0 Å². The number of halogens is 1. The summed E-state index contributed by atoms with van der Waals surface area (Å²) in [6.07, 6.45) is 0. The van der Waals surface area contributed by atoms with Crippen LogP contribution in [-0.4, -0.2) is 27.4 Å². The fraction of sp³-hybridized carbons (Fsp3) is 0.111. The van der Waals surface area contributed by atoms with Crippen molar-refractivity contribution in [1.82, 2.24) is 10.2 Å². The number of nitrogens with zero attached hydrogens (tertiary/aromatic N) is 2. The summed E-state index contributed by atoms with van der Waals surface area (Å²) in [5.74, 6) is 0.0237. The molecule has 1 heterocycles. The standard InChI is InChI=1S/C9H8BFN2O2S2/c11-8-2-6(1-7(3-8)10(14)15)4-16-9-13-12-5-17-9/h1-3,5,14-15H,4H2. The van der Waals surface area contributed by atoms with Crippen LogP contribution < -0.4 is 5.46 Å². The van der Waals surface area contributed by atoms with Crippen molar-refractivity contribution in [2.24, 2.45) is 0 Å². The summed E-state index contributed by atoms with van der Waals surface area (Å²) >= 11 is 2.83. The van der Waals surface area contributed by atoms with Crippen molar-refractivity contribution in [3.63, 3.8) is 0 Å². The highest BCUT2D eigenvalue weighted by atomic mass is 32.2. The molecule has 2 rings (SSSR count). The lowest BCUT2D eigenvalue weighted by molar-refractivity contribution is 0.425. The molecule has 88 valence electrons. The number of benzene rings is 1. The average molecular weight is 270 g/mol. The van der Waals surface area contributed by atoms with Crippen LogP contribution in [0.5, 0.6) is 0 Å². The summed E-state index contributed by atoms with van der Waals surface area (Å²) in [6, 6.07) is 4.02. The molecule has 4 nitrogen and oxygen atoms in total. The zero-order valence-corrected chi connectivity index (χ0v) is 10.2. The number of aromatic nitrogens is 2. The van der Waals surface area contributed by atoms with Crippen LogP contribution in [0.25, 0.3) is 0 Å². The first-order chi connectivity index (χ1) is 8.15. The molecule has 8 heteroatoms. The van der Waals surface area contributed by atoms with Gasteiger partial charge in [0.15, 0.2) is 4.34 Å². The van der Waals surface area contributed by atoms with Crippen LogP contribution in [0.4, 0.5) is 4.39 Å². The van der Waals surface area contributed by atoms with Crippen LogP contribution in [-0.2, 0) is 5.75 Å². The topological polar surface area (TPSA) is 66.2 Å². The molecule has 1 aromatic carbocycles. The molecule has 0 amide bonds. The molecule has 0 saturated carbocycles. The van der Waals surface area contributed by atoms with Crippen molar-refractivity contribution in [2.75, 3.05) is 0 Å². The van der Waals surface area contributed by atoms with Gasteiger partial charge in [0.25, 0.3) is 0 Å². The molecule has 0 atom stereocenters. The Bertz CT molecular complexity index is 496. The Hall–Kier alpha value is -0.955. The molecular formula is C9H8BFN2O2S2. The predicted molar refractivity (Wildman–Crippen MR) is 65.7 cm³/mol. The quantitative estimate of drug-likeness (QED) is 0.630. The Balaban J connectivity index is 2.10. The van der Waals surface area contributed by atoms with Crippen LogP contribution in [0, 0.1) is 5.82 Å². The number of hydrogen-bond acceptors (Lipinski definition) is 6. The van der Waals surface area contributed by atoms with E-state index in [1.165, 1.54) is 29.2 Å². The van der Waals surface area contributed by atoms with E-state index < -0.39 is 12.9 Å². The summed E-state index contributed by atoms with van der Waals surface area (Å²) < 4.78 is 14.0. The van der Waals surface area contributed by atoms with Gasteiger partial charge < -0.3 is 10.0 Å². The first-order valence-electron chi connectivity index (χ1n) is 4.69. The monoisotopic (exact) mass is 270 g/mol. The highest BCUT2D eigenvalue weighted by Gasteiger charge is 2.13. The molecule has 0 spiro atoms. The van der Waals surface area contributed by atoms with Crippen molar-refractivity contribution in [3.8, 4) is 0 Å². The van der Waals surface area contributed by atoms with Crippen molar-refractivity contribution >= 4 is 35.7 Å². The number of hydrogen-bond donors (Lipinski definition) is 2. The zero-order chi connectivity index (χ0) is 12.3. The lowest BCUT2D eigenvalue weighted by atomic mass is 9.79. The molecule has 17 heavy (non-hydrogen) atoms. The lowest BCUT2D eigenvalue weighted by Crippen LogP contribution is -2.30. The SMILES string of the molecule is OB(O)c1cc(F)cc(CSc2nncs2)c1. The summed E-state index contributed by atoms with van der Waals surface area (Å²) in [5.41, 5.74) is 2.45. The van der Waals surface area contributed by atoms with Gasteiger partial charge in [0, 0.05) is 5.75 Å². The normalized spacial score (nSPS) is 10.5. The number of rotatable bonds is 4. The minimum absolute atomic E-state index is 0.151. The first-order valence-corrected chi connectivity index (χ1v) is 6.56. The molecule has 0 radical (unpaired) electrons. The minimum Gasteiger partial charge on any atom is -0.423 e. The number of thioether (sulfide) groups is 1. The Labute approximate surface area is 106 Å². The molecule has 0 unspecified atom stereocenters. The predicted octanol–water partition coefficient (Wildman–Crippen LogP) is 0.649. The van der Waals surface area contributed by atoms with E-state index in [9.17, 15) is 4.39 Å². The summed E-state index contributed by atoms with van der Waals surface area (Å²) in [7, 11) is -1.66. The van der Waals surface area contributed by atoms with Crippen LogP contribution in [0.2, 0.25) is 0 Å². The molecule has 2 aromatic rings. The van der Waals surface area contributed by atoms with Crippen molar-refractivity contribution in [2.45, 2.75) is 10.1 Å². The fourth-order valence-electron chi connectivity index (χ4n) is 1.28. The molecule has 0 bridgehead atoms. The van der Waals surface area contributed by atoms with E-state index in [0.717, 1.165) is 10.4 Å². The van der Waals surface area contributed by atoms with Gasteiger partial charge in [0.05, 0.1) is 0 Å². The van der Waals surface area contributed by atoms with Gasteiger partial charge in [-0.2, -0.15) is 0 Å². The van der Waals surface area contributed by atoms with Gasteiger partial charge >= 0.3 is 7.12 Å². The Morgan fingerprint density at radius 2 is 2.18 bits per heavy atom. The Kier molecular flexibility index (Phi) is 4.11. The van der Waals surface area contributed by atoms with E-state index in [1.807, 2.05) is 0 Å². The van der Waals surface area contributed by atoms with E-state index in [4.69, 9.17) is 10.0 Å². The summed E-state index contributed by atoms with van der Waals surface area (Å²) in [6.45, 7) is 0. The van der Waals surface area contributed by atoms with Crippen molar-refractivity contribution in [3.05, 3.63) is 35.1 Å². The highest BCUT2D eigenvalue weighted by molar-refractivity contribution is 8.00. The third-order valence-electron chi connectivity index (χ3n) is 1.98. The van der Waals surface area contributed by atoms with E-state index in [-0.39, 0.29) is 5.46 Å². The second-order valence-electron chi connectivity index (χ2n) is 3.26. The second-order valence-corrected chi connectivity index (χ2v) is 5.32. The van der Waals surface area contributed by atoms with Gasteiger partial charge in [-0.1, -0.05) is 29.2 Å². The molecule has 0 saturated heterocycles. The maximum Gasteiger partial charge on any atom is 0.488 e. The maximum absolute atomic E-state index is 13.2. The molecular weight excluding hydrogens is 262 g/mol. The third-order valence-corrected chi connectivity index (χ3v) is 3.91. The van der Waals surface area contributed by atoms with Gasteiger partial charge in [0.2, 0.25) is 0 Å². The van der Waals surface area contributed by atoms with Gasteiger partial charge in [-0.05, 0) is 23.2 Å². The van der Waals surface area contributed by atoms with E-state index in [0.29, 0.717) is 11.3 Å². The largest absolute Gasteiger partial charge is 0.488 e. The van der Waals surface area contributed by atoms with Crippen LogP contribution in [0.15, 0.2) is 28.0 Å². The maximum atomic E-state index is 13.2. The third kappa shape index (κ3) is 3.50. The van der Waals surface area contributed by atoms with E-state index in [2.05, 4.69) is 10.2 Å². The first kappa shape index (κ1) is 12.5. The molecule has 0 aliphatic rings. The average Bonchev–Trinajstić information content (AvgIpc) is 2.78.